The smallest absolute Gasteiger partial charge is 0.0330 e. The number of rotatable bonds is 9. The van der Waals surface area contributed by atoms with Crippen LogP contribution in [0, 0.1) is 5.92 Å². The fourth-order valence-electron chi connectivity index (χ4n) is 3.70. The lowest BCUT2D eigenvalue weighted by molar-refractivity contribution is 0.0724. The first kappa shape index (κ1) is 18.0. The number of likely N-dealkylation sites (N-methyl/N-ethyl adjacent to an activating group) is 1. The molecule has 0 saturated heterocycles. The van der Waals surface area contributed by atoms with Crippen molar-refractivity contribution in [2.45, 2.75) is 90.1 Å². The van der Waals surface area contributed by atoms with Crippen molar-refractivity contribution >= 4 is 0 Å². The highest BCUT2D eigenvalue weighted by atomic mass is 15.2. The van der Waals surface area contributed by atoms with Gasteiger partial charge >= 0.3 is 0 Å². The molecule has 0 aromatic rings. The molecule has 0 aliphatic heterocycles. The van der Waals surface area contributed by atoms with Crippen LogP contribution >= 0.6 is 0 Å². The first-order valence-corrected chi connectivity index (χ1v) is 8.91. The van der Waals surface area contributed by atoms with Gasteiger partial charge in [-0.3, -0.25) is 0 Å². The maximum absolute atomic E-state index is 3.83. The molecule has 20 heavy (non-hydrogen) atoms. The van der Waals surface area contributed by atoms with Crippen LogP contribution in [-0.2, 0) is 0 Å². The maximum Gasteiger partial charge on any atom is 0.0330 e. The van der Waals surface area contributed by atoms with Gasteiger partial charge in [0.05, 0.1) is 0 Å². The van der Waals surface area contributed by atoms with Gasteiger partial charge in [-0.05, 0) is 46.2 Å². The Labute approximate surface area is 127 Å². The largest absolute Gasteiger partial charge is 0.312 e. The fourth-order valence-corrected chi connectivity index (χ4v) is 3.70. The van der Waals surface area contributed by atoms with E-state index in [9.17, 15) is 0 Å². The van der Waals surface area contributed by atoms with E-state index in [-0.39, 0.29) is 0 Å². The molecule has 1 aliphatic carbocycles. The monoisotopic (exact) mass is 282 g/mol. The zero-order valence-corrected chi connectivity index (χ0v) is 14.7. The van der Waals surface area contributed by atoms with Gasteiger partial charge in [0.1, 0.15) is 0 Å². The molecule has 2 heteroatoms. The van der Waals surface area contributed by atoms with Crippen LogP contribution in [0.5, 0.6) is 0 Å². The van der Waals surface area contributed by atoms with Gasteiger partial charge in [0, 0.05) is 18.1 Å². The van der Waals surface area contributed by atoms with Crippen LogP contribution in [0.3, 0.4) is 0 Å². The highest BCUT2D eigenvalue weighted by Gasteiger charge is 2.36. The number of hydrogen-bond acceptors (Lipinski definition) is 2. The molecule has 3 unspecified atom stereocenters. The molecule has 0 heterocycles. The van der Waals surface area contributed by atoms with Crippen LogP contribution < -0.4 is 5.32 Å². The van der Waals surface area contributed by atoms with Crippen LogP contribution in [0.25, 0.3) is 0 Å². The van der Waals surface area contributed by atoms with Gasteiger partial charge in [0.2, 0.25) is 0 Å². The molecule has 0 spiro atoms. The Morgan fingerprint density at radius 2 is 2.00 bits per heavy atom. The van der Waals surface area contributed by atoms with Crippen molar-refractivity contribution < 1.29 is 0 Å². The molecule has 0 amide bonds. The van der Waals surface area contributed by atoms with Crippen molar-refractivity contribution in [3.63, 3.8) is 0 Å². The molecule has 3 atom stereocenters. The number of nitrogens with zero attached hydrogens (tertiary/aromatic N) is 1. The third-order valence-electron chi connectivity index (χ3n) is 5.29. The van der Waals surface area contributed by atoms with Crippen LogP contribution in [0.2, 0.25) is 0 Å². The van der Waals surface area contributed by atoms with Crippen molar-refractivity contribution in [2.24, 2.45) is 5.92 Å². The van der Waals surface area contributed by atoms with Crippen molar-refractivity contribution in [3.05, 3.63) is 0 Å². The highest BCUT2D eigenvalue weighted by molar-refractivity contribution is 4.95. The summed E-state index contributed by atoms with van der Waals surface area (Å²) in [6.45, 7) is 8.24. The Morgan fingerprint density at radius 3 is 2.60 bits per heavy atom. The van der Waals surface area contributed by atoms with Crippen molar-refractivity contribution in [2.75, 3.05) is 20.6 Å². The van der Waals surface area contributed by atoms with E-state index in [0.717, 1.165) is 5.92 Å². The van der Waals surface area contributed by atoms with Gasteiger partial charge < -0.3 is 10.2 Å². The molecule has 120 valence electrons. The summed E-state index contributed by atoms with van der Waals surface area (Å²) in [6.07, 6.45) is 12.4. The standard InChI is InChI=1S/C18H38N2/c1-6-7-8-9-12-17(3)19-15-18(20(4)5)13-10-11-16(2)14-18/h16-17,19H,6-15H2,1-5H3. The number of unbranched alkanes of at least 4 members (excludes halogenated alkanes) is 3. The van der Waals surface area contributed by atoms with Gasteiger partial charge in [0.25, 0.3) is 0 Å². The Hall–Kier alpha value is -0.0800. The molecular formula is C18H38N2. The van der Waals surface area contributed by atoms with Gasteiger partial charge in [-0.1, -0.05) is 52.4 Å². The summed E-state index contributed by atoms with van der Waals surface area (Å²) in [5, 5.41) is 3.83. The Bertz CT molecular complexity index is 252. The van der Waals surface area contributed by atoms with E-state index in [2.05, 4.69) is 45.1 Å². The molecular weight excluding hydrogens is 244 g/mol. The molecule has 1 rings (SSSR count). The summed E-state index contributed by atoms with van der Waals surface area (Å²) < 4.78 is 0. The van der Waals surface area contributed by atoms with E-state index >= 15 is 0 Å². The molecule has 1 aliphatic rings. The third-order valence-corrected chi connectivity index (χ3v) is 5.29. The molecule has 0 aromatic heterocycles. The Morgan fingerprint density at radius 1 is 1.25 bits per heavy atom. The lowest BCUT2D eigenvalue weighted by Crippen LogP contribution is -2.55. The van der Waals surface area contributed by atoms with E-state index in [1.165, 1.54) is 64.3 Å². The molecule has 1 fully saturated rings. The second-order valence-corrected chi connectivity index (χ2v) is 7.45. The predicted octanol–water partition coefficient (Wildman–Crippen LogP) is 4.45. The second kappa shape index (κ2) is 9.04. The Balaban J connectivity index is 2.35. The van der Waals surface area contributed by atoms with Crippen LogP contribution in [0.15, 0.2) is 0 Å². The molecule has 1 N–H and O–H groups in total. The van der Waals surface area contributed by atoms with Crippen LogP contribution in [-0.4, -0.2) is 37.1 Å². The lowest BCUT2D eigenvalue weighted by atomic mass is 9.75. The molecule has 0 bridgehead atoms. The van der Waals surface area contributed by atoms with E-state index in [1.54, 1.807) is 0 Å². The van der Waals surface area contributed by atoms with Gasteiger partial charge in [-0.2, -0.15) is 0 Å². The van der Waals surface area contributed by atoms with E-state index in [4.69, 9.17) is 0 Å². The average Bonchev–Trinajstić information content (AvgIpc) is 2.41. The molecule has 1 saturated carbocycles. The first-order valence-electron chi connectivity index (χ1n) is 8.91. The summed E-state index contributed by atoms with van der Waals surface area (Å²) in [7, 11) is 4.54. The average molecular weight is 283 g/mol. The zero-order chi connectivity index (χ0) is 15.0. The minimum Gasteiger partial charge on any atom is -0.312 e. The van der Waals surface area contributed by atoms with Crippen LogP contribution in [0.4, 0.5) is 0 Å². The topological polar surface area (TPSA) is 15.3 Å². The van der Waals surface area contributed by atoms with Gasteiger partial charge in [-0.15, -0.1) is 0 Å². The quantitative estimate of drug-likeness (QED) is 0.629. The third kappa shape index (κ3) is 5.73. The Kier molecular flexibility index (Phi) is 8.13. The minimum atomic E-state index is 0.398. The normalized spacial score (nSPS) is 28.8. The summed E-state index contributed by atoms with van der Waals surface area (Å²) in [6, 6.07) is 0.668. The maximum atomic E-state index is 3.83. The summed E-state index contributed by atoms with van der Waals surface area (Å²) in [4.78, 5) is 2.49. The first-order chi connectivity index (χ1) is 9.50. The minimum absolute atomic E-state index is 0.398. The molecule has 0 radical (unpaired) electrons. The number of hydrogen-bond donors (Lipinski definition) is 1. The molecule has 0 aromatic carbocycles. The second-order valence-electron chi connectivity index (χ2n) is 7.45. The zero-order valence-electron chi connectivity index (χ0n) is 14.7. The van der Waals surface area contributed by atoms with Crippen molar-refractivity contribution in [3.8, 4) is 0 Å². The lowest BCUT2D eigenvalue weighted by Gasteiger charge is -2.46. The van der Waals surface area contributed by atoms with Crippen LogP contribution in [0.1, 0.15) is 78.6 Å². The SMILES string of the molecule is CCCCCCC(C)NCC1(N(C)C)CCCC(C)C1. The van der Waals surface area contributed by atoms with Gasteiger partial charge in [-0.25, -0.2) is 0 Å². The van der Waals surface area contributed by atoms with E-state index in [0.29, 0.717) is 11.6 Å². The number of nitrogens with one attached hydrogen (secondary N) is 1. The van der Waals surface area contributed by atoms with Gasteiger partial charge in [0.15, 0.2) is 0 Å². The fraction of sp³-hybridized carbons (Fsp3) is 1.00. The summed E-state index contributed by atoms with van der Waals surface area (Å²) in [5.74, 6) is 0.882. The summed E-state index contributed by atoms with van der Waals surface area (Å²) >= 11 is 0. The van der Waals surface area contributed by atoms with Crippen molar-refractivity contribution in [1.29, 1.82) is 0 Å². The van der Waals surface area contributed by atoms with E-state index < -0.39 is 0 Å². The van der Waals surface area contributed by atoms with Crippen molar-refractivity contribution in [1.82, 2.24) is 10.2 Å². The highest BCUT2D eigenvalue weighted by Crippen LogP contribution is 2.35. The predicted molar refractivity (Wildman–Crippen MR) is 90.3 cm³/mol. The summed E-state index contributed by atoms with van der Waals surface area (Å²) in [5.41, 5.74) is 0.398. The van der Waals surface area contributed by atoms with E-state index in [1.807, 2.05) is 0 Å². The molecule has 2 nitrogen and oxygen atoms in total.